The van der Waals surface area contributed by atoms with E-state index >= 15 is 0 Å². The van der Waals surface area contributed by atoms with Crippen LogP contribution in [0.15, 0.2) is 4.99 Å². The molecule has 3 amide bonds. The van der Waals surface area contributed by atoms with Gasteiger partial charge in [0.05, 0.1) is 6.04 Å². The number of carboxylic acids is 1. The first-order valence-corrected chi connectivity index (χ1v) is 12.4. The summed E-state index contributed by atoms with van der Waals surface area (Å²) >= 11 is 4.12. The van der Waals surface area contributed by atoms with Crippen LogP contribution in [0.3, 0.4) is 0 Å². The van der Waals surface area contributed by atoms with Crippen LogP contribution in [0.2, 0.25) is 0 Å². The van der Waals surface area contributed by atoms with Crippen molar-refractivity contribution in [1.82, 2.24) is 16.0 Å². The summed E-state index contributed by atoms with van der Waals surface area (Å²) in [5.41, 5.74) is 21.9. The molecule has 13 nitrogen and oxygen atoms in total. The number of nitrogens with zero attached hydrogens (tertiary/aromatic N) is 1. The SMILES string of the molecule is CCC(C)C(NC(=O)C(N)CCCCN)C(=O)NC(CS)C(=O)NC(CCCN=C(N)N)C(=O)O. The van der Waals surface area contributed by atoms with Crippen molar-refractivity contribution in [2.75, 3.05) is 18.8 Å². The summed E-state index contributed by atoms with van der Waals surface area (Å²) in [6.07, 6.45) is 2.83. The minimum absolute atomic E-state index is 0.0820. The van der Waals surface area contributed by atoms with Crippen molar-refractivity contribution in [3.05, 3.63) is 0 Å². The molecule has 0 aliphatic rings. The standard InChI is InChI=1S/C21H42N8O5S/c1-3-12(2)16(29-17(30)13(23)7-4-5-9-22)19(32)28-15(11-35)18(31)27-14(20(33)34)8-6-10-26-21(24)25/h12-16,35H,3-11,22-23H2,1-2H3,(H,27,31)(H,28,32)(H,29,30)(H,33,34)(H4,24,25,26). The first kappa shape index (κ1) is 32.4. The van der Waals surface area contributed by atoms with Gasteiger partial charge in [-0.25, -0.2) is 4.79 Å². The molecule has 5 unspecified atom stereocenters. The normalized spacial score (nSPS) is 15.1. The molecule has 5 atom stereocenters. The van der Waals surface area contributed by atoms with Crippen LogP contribution >= 0.6 is 12.6 Å². The van der Waals surface area contributed by atoms with E-state index in [1.807, 2.05) is 6.92 Å². The Kier molecular flexibility index (Phi) is 16.5. The van der Waals surface area contributed by atoms with Gasteiger partial charge in [0.25, 0.3) is 0 Å². The van der Waals surface area contributed by atoms with Crippen molar-refractivity contribution in [2.24, 2.45) is 33.8 Å². The van der Waals surface area contributed by atoms with Gasteiger partial charge < -0.3 is 44.0 Å². The van der Waals surface area contributed by atoms with Crippen LogP contribution in [-0.2, 0) is 19.2 Å². The van der Waals surface area contributed by atoms with Gasteiger partial charge in [0.15, 0.2) is 5.96 Å². The van der Waals surface area contributed by atoms with Gasteiger partial charge in [-0.05, 0) is 38.1 Å². The predicted molar refractivity (Wildman–Crippen MR) is 138 cm³/mol. The van der Waals surface area contributed by atoms with Crippen LogP contribution < -0.4 is 38.9 Å². The maximum atomic E-state index is 13.0. The minimum atomic E-state index is -1.24. The molecule has 202 valence electrons. The van der Waals surface area contributed by atoms with E-state index in [9.17, 15) is 24.3 Å². The number of nitrogens with two attached hydrogens (primary N) is 4. The topological polar surface area (TPSA) is 241 Å². The lowest BCUT2D eigenvalue weighted by Gasteiger charge is -2.27. The highest BCUT2D eigenvalue weighted by molar-refractivity contribution is 7.80. The maximum Gasteiger partial charge on any atom is 0.326 e. The van der Waals surface area contributed by atoms with Gasteiger partial charge in [-0.15, -0.1) is 0 Å². The molecule has 0 aromatic rings. The number of aliphatic carboxylic acids is 1. The molecule has 0 saturated heterocycles. The predicted octanol–water partition coefficient (Wildman–Crippen LogP) is -1.99. The van der Waals surface area contributed by atoms with Crippen LogP contribution in [0, 0.1) is 5.92 Å². The van der Waals surface area contributed by atoms with E-state index in [1.165, 1.54) is 0 Å². The molecule has 0 fully saturated rings. The molecule has 0 aliphatic heterocycles. The molecule has 0 aliphatic carbocycles. The zero-order valence-corrected chi connectivity index (χ0v) is 21.4. The molecule has 0 radical (unpaired) electrons. The van der Waals surface area contributed by atoms with Gasteiger partial charge in [-0.3, -0.25) is 19.4 Å². The first-order chi connectivity index (χ1) is 16.5. The lowest BCUT2D eigenvalue weighted by molar-refractivity contribution is -0.142. The maximum absolute atomic E-state index is 13.0. The highest BCUT2D eigenvalue weighted by atomic mass is 32.1. The quantitative estimate of drug-likeness (QED) is 0.0421. The number of unbranched alkanes of at least 4 members (excludes halogenated alkanes) is 1. The Morgan fingerprint density at radius 3 is 2.09 bits per heavy atom. The van der Waals surface area contributed by atoms with Crippen LogP contribution in [0.25, 0.3) is 0 Å². The summed E-state index contributed by atoms with van der Waals surface area (Å²) in [6.45, 7) is 4.36. The molecule has 0 aromatic carbocycles. The van der Waals surface area contributed by atoms with E-state index in [1.54, 1.807) is 6.92 Å². The van der Waals surface area contributed by atoms with Crippen molar-refractivity contribution in [2.45, 2.75) is 76.5 Å². The number of rotatable bonds is 18. The molecule has 12 N–H and O–H groups in total. The van der Waals surface area contributed by atoms with E-state index in [-0.39, 0.29) is 30.6 Å². The Hall–Kier alpha value is -2.58. The van der Waals surface area contributed by atoms with E-state index in [4.69, 9.17) is 22.9 Å². The van der Waals surface area contributed by atoms with Crippen molar-refractivity contribution in [3.8, 4) is 0 Å². The third-order valence-electron chi connectivity index (χ3n) is 5.47. The fourth-order valence-corrected chi connectivity index (χ4v) is 3.35. The van der Waals surface area contributed by atoms with Crippen molar-refractivity contribution in [1.29, 1.82) is 0 Å². The average Bonchev–Trinajstić information content (AvgIpc) is 2.81. The Balaban J connectivity index is 5.18. The van der Waals surface area contributed by atoms with Crippen LogP contribution in [0.4, 0.5) is 0 Å². The average molecular weight is 519 g/mol. The zero-order chi connectivity index (χ0) is 27.0. The lowest BCUT2D eigenvalue weighted by Crippen LogP contribution is -2.59. The third-order valence-corrected chi connectivity index (χ3v) is 5.84. The molecule has 0 saturated carbocycles. The monoisotopic (exact) mass is 518 g/mol. The second-order valence-corrected chi connectivity index (χ2v) is 8.72. The largest absolute Gasteiger partial charge is 0.480 e. The van der Waals surface area contributed by atoms with Crippen molar-refractivity contribution < 1.29 is 24.3 Å². The van der Waals surface area contributed by atoms with Gasteiger partial charge in [-0.1, -0.05) is 26.7 Å². The smallest absolute Gasteiger partial charge is 0.326 e. The third kappa shape index (κ3) is 13.2. The van der Waals surface area contributed by atoms with E-state index in [2.05, 4.69) is 33.6 Å². The second kappa shape index (κ2) is 17.8. The molecule has 0 heterocycles. The number of nitrogens with one attached hydrogen (secondary N) is 3. The summed E-state index contributed by atoms with van der Waals surface area (Å²) in [4.78, 5) is 53.5. The number of hydrogen-bond acceptors (Lipinski definition) is 8. The summed E-state index contributed by atoms with van der Waals surface area (Å²) in [5.74, 6) is -3.45. The molecular formula is C21H42N8O5S. The van der Waals surface area contributed by atoms with Gasteiger partial charge in [0, 0.05) is 12.3 Å². The minimum Gasteiger partial charge on any atom is -0.480 e. The Labute approximate surface area is 212 Å². The summed E-state index contributed by atoms with van der Waals surface area (Å²) in [6, 6.07) is -4.04. The van der Waals surface area contributed by atoms with Crippen molar-refractivity contribution >= 4 is 42.3 Å². The fraction of sp³-hybridized carbons (Fsp3) is 0.762. The van der Waals surface area contributed by atoms with Crippen LogP contribution in [0.1, 0.15) is 52.4 Å². The molecule has 0 spiro atoms. The Morgan fingerprint density at radius 2 is 1.57 bits per heavy atom. The van der Waals surface area contributed by atoms with E-state index < -0.39 is 47.9 Å². The van der Waals surface area contributed by atoms with E-state index in [0.717, 1.165) is 6.42 Å². The molecule has 0 bridgehead atoms. The van der Waals surface area contributed by atoms with E-state index in [0.29, 0.717) is 32.2 Å². The van der Waals surface area contributed by atoms with Crippen LogP contribution in [0.5, 0.6) is 0 Å². The molecule has 14 heteroatoms. The summed E-state index contributed by atoms with van der Waals surface area (Å²) in [5, 5.41) is 17.0. The molecule has 0 aromatic heterocycles. The molecule has 35 heavy (non-hydrogen) atoms. The summed E-state index contributed by atoms with van der Waals surface area (Å²) < 4.78 is 0. The number of hydrogen-bond donors (Lipinski definition) is 9. The van der Waals surface area contributed by atoms with Gasteiger partial charge in [0.2, 0.25) is 17.7 Å². The van der Waals surface area contributed by atoms with Crippen LogP contribution in [-0.4, -0.2) is 77.8 Å². The van der Waals surface area contributed by atoms with Crippen molar-refractivity contribution in [3.63, 3.8) is 0 Å². The highest BCUT2D eigenvalue weighted by Crippen LogP contribution is 2.10. The number of aliphatic imine (C=N–C) groups is 1. The van der Waals surface area contributed by atoms with Gasteiger partial charge in [-0.2, -0.15) is 12.6 Å². The molecular weight excluding hydrogens is 476 g/mol. The fourth-order valence-electron chi connectivity index (χ4n) is 3.09. The highest BCUT2D eigenvalue weighted by Gasteiger charge is 2.31. The number of guanidine groups is 1. The Morgan fingerprint density at radius 1 is 0.943 bits per heavy atom. The van der Waals surface area contributed by atoms with Gasteiger partial charge >= 0.3 is 5.97 Å². The number of thiol groups is 1. The lowest BCUT2D eigenvalue weighted by atomic mass is 9.97. The zero-order valence-electron chi connectivity index (χ0n) is 20.5. The molecule has 0 rings (SSSR count). The second-order valence-electron chi connectivity index (χ2n) is 8.35. The Bertz CT molecular complexity index is 720. The number of carbonyl (C=O) groups excluding carboxylic acids is 3. The van der Waals surface area contributed by atoms with Gasteiger partial charge in [0.1, 0.15) is 18.1 Å². The number of carboxylic acid groups (broad SMARTS) is 1. The number of carbonyl (C=O) groups is 4. The summed E-state index contributed by atoms with van der Waals surface area (Å²) in [7, 11) is 0. The first-order valence-electron chi connectivity index (χ1n) is 11.7. The number of amides is 3.